The van der Waals surface area contributed by atoms with E-state index in [-0.39, 0.29) is 35.4 Å². The predicted molar refractivity (Wildman–Crippen MR) is 130 cm³/mol. The number of likely N-dealkylation sites (N-methyl/N-ethyl adjacent to an activating group) is 1. The van der Waals surface area contributed by atoms with Crippen LogP contribution in [0.3, 0.4) is 0 Å². The molecule has 0 aliphatic carbocycles. The summed E-state index contributed by atoms with van der Waals surface area (Å²) >= 11 is 1.43. The van der Waals surface area contributed by atoms with Crippen LogP contribution in [0.2, 0.25) is 0 Å². The van der Waals surface area contributed by atoms with Gasteiger partial charge in [-0.25, -0.2) is 17.8 Å². The first-order chi connectivity index (χ1) is 14.7. The van der Waals surface area contributed by atoms with Crippen LogP contribution in [0, 0.1) is 5.82 Å². The molecule has 10 heteroatoms. The molecule has 0 saturated carbocycles. The number of aromatic nitrogens is 1. The third-order valence-corrected chi connectivity index (χ3v) is 7.68. The van der Waals surface area contributed by atoms with Crippen molar-refractivity contribution in [1.82, 2.24) is 9.88 Å². The van der Waals surface area contributed by atoms with Gasteiger partial charge in [-0.05, 0) is 62.5 Å². The Morgan fingerprint density at radius 3 is 2.41 bits per heavy atom. The Kier molecular flexibility index (Phi) is 9.15. The van der Waals surface area contributed by atoms with E-state index in [9.17, 15) is 17.6 Å². The van der Waals surface area contributed by atoms with Gasteiger partial charge >= 0.3 is 0 Å². The van der Waals surface area contributed by atoms with Crippen LogP contribution >= 0.6 is 23.7 Å². The highest BCUT2D eigenvalue weighted by molar-refractivity contribution is 7.91. The summed E-state index contributed by atoms with van der Waals surface area (Å²) in [6.45, 7) is 3.10. The third kappa shape index (κ3) is 6.48. The van der Waals surface area contributed by atoms with Crippen molar-refractivity contribution in [2.24, 2.45) is 0 Å². The second kappa shape index (κ2) is 11.2. The molecule has 0 bridgehead atoms. The van der Waals surface area contributed by atoms with E-state index in [1.54, 1.807) is 4.90 Å². The molecule has 3 rings (SSSR count). The molecule has 0 atom stereocenters. The van der Waals surface area contributed by atoms with Gasteiger partial charge in [-0.2, -0.15) is 0 Å². The molecule has 1 heterocycles. The quantitative estimate of drug-likeness (QED) is 0.413. The van der Waals surface area contributed by atoms with Gasteiger partial charge in [0.05, 0.1) is 20.9 Å². The number of rotatable bonds is 9. The van der Waals surface area contributed by atoms with E-state index in [1.165, 1.54) is 29.0 Å². The van der Waals surface area contributed by atoms with Crippen LogP contribution in [-0.4, -0.2) is 57.1 Å². The molecular weight excluding hydrogens is 473 g/mol. The maximum absolute atomic E-state index is 13.1. The van der Waals surface area contributed by atoms with Crippen molar-refractivity contribution in [3.05, 3.63) is 53.8 Å². The monoisotopic (exact) mass is 499 g/mol. The molecule has 0 spiro atoms. The maximum atomic E-state index is 13.1. The van der Waals surface area contributed by atoms with E-state index in [0.717, 1.165) is 28.8 Å². The number of aryl methyl sites for hydroxylation is 1. The summed E-state index contributed by atoms with van der Waals surface area (Å²) in [6, 6.07) is 10.7. The highest BCUT2D eigenvalue weighted by Gasteiger charge is 2.23. The minimum Gasteiger partial charge on any atom is -0.308 e. The van der Waals surface area contributed by atoms with Gasteiger partial charge in [-0.3, -0.25) is 9.69 Å². The lowest BCUT2D eigenvalue weighted by molar-refractivity contribution is -0.118. The molecule has 0 aliphatic rings. The minimum absolute atomic E-state index is 0. The van der Waals surface area contributed by atoms with Crippen LogP contribution in [0.5, 0.6) is 0 Å². The number of benzene rings is 2. The van der Waals surface area contributed by atoms with Crippen LogP contribution in [0.4, 0.5) is 9.52 Å². The van der Waals surface area contributed by atoms with E-state index in [2.05, 4.69) is 18.0 Å². The third-order valence-electron chi connectivity index (χ3n) is 4.91. The average molecular weight is 500 g/mol. The summed E-state index contributed by atoms with van der Waals surface area (Å²) in [6.07, 6.45) is 0.733. The van der Waals surface area contributed by atoms with Crippen molar-refractivity contribution in [3.63, 3.8) is 0 Å². The predicted octanol–water partition coefficient (Wildman–Crippen LogP) is 4.18. The maximum Gasteiger partial charge on any atom is 0.229 e. The van der Waals surface area contributed by atoms with Gasteiger partial charge < -0.3 is 4.90 Å². The second-order valence-corrected chi connectivity index (χ2v) is 10.6. The first-order valence-electron chi connectivity index (χ1n) is 10.0. The number of halogens is 2. The summed E-state index contributed by atoms with van der Waals surface area (Å²) in [5.74, 6) is -1.16. The average Bonchev–Trinajstić information content (AvgIpc) is 3.15. The van der Waals surface area contributed by atoms with Crippen molar-refractivity contribution < 1.29 is 17.6 Å². The van der Waals surface area contributed by atoms with E-state index >= 15 is 0 Å². The van der Waals surface area contributed by atoms with Crippen LogP contribution in [0.25, 0.3) is 10.2 Å². The fraction of sp³-hybridized carbons (Fsp3) is 0.364. The van der Waals surface area contributed by atoms with Gasteiger partial charge in [-0.1, -0.05) is 24.3 Å². The molecule has 0 radical (unpaired) electrons. The van der Waals surface area contributed by atoms with Crippen LogP contribution in [0.1, 0.15) is 18.9 Å². The molecule has 1 aromatic heterocycles. The Balaban J connectivity index is 0.00000363. The Morgan fingerprint density at radius 2 is 1.78 bits per heavy atom. The molecule has 0 unspecified atom stereocenters. The summed E-state index contributed by atoms with van der Waals surface area (Å²) in [7, 11) is 0.126. The number of amides is 1. The first kappa shape index (κ1) is 26.2. The molecule has 3 aromatic rings. The Morgan fingerprint density at radius 1 is 1.09 bits per heavy atom. The number of hydrogen-bond acceptors (Lipinski definition) is 6. The molecule has 6 nitrogen and oxygen atoms in total. The summed E-state index contributed by atoms with van der Waals surface area (Å²) in [5.41, 5.74) is 2.01. The van der Waals surface area contributed by atoms with Crippen molar-refractivity contribution in [2.45, 2.75) is 24.7 Å². The zero-order valence-corrected chi connectivity index (χ0v) is 20.7. The van der Waals surface area contributed by atoms with Crippen LogP contribution < -0.4 is 4.90 Å². The van der Waals surface area contributed by atoms with Crippen LogP contribution in [0.15, 0.2) is 47.4 Å². The number of carbonyl (C=O) groups excluding carboxylic acids is 1. The number of anilines is 1. The topological polar surface area (TPSA) is 70.6 Å². The second-order valence-electron chi connectivity index (χ2n) is 7.52. The van der Waals surface area contributed by atoms with E-state index in [1.807, 2.05) is 31.1 Å². The van der Waals surface area contributed by atoms with Gasteiger partial charge in [0.1, 0.15) is 5.82 Å². The normalized spacial score (nSPS) is 11.5. The van der Waals surface area contributed by atoms with Crippen LogP contribution in [-0.2, 0) is 21.1 Å². The molecule has 0 aliphatic heterocycles. The number of fused-ring (bicyclic) bond motifs is 1. The summed E-state index contributed by atoms with van der Waals surface area (Å²) in [4.78, 5) is 21.2. The van der Waals surface area contributed by atoms with Crippen molar-refractivity contribution in [3.8, 4) is 0 Å². The number of nitrogens with zero attached hydrogens (tertiary/aromatic N) is 3. The fourth-order valence-corrected chi connectivity index (χ4v) is 5.34. The zero-order chi connectivity index (χ0) is 22.6. The van der Waals surface area contributed by atoms with Gasteiger partial charge in [0.25, 0.3) is 0 Å². The Bertz CT molecular complexity index is 1160. The van der Waals surface area contributed by atoms with E-state index in [4.69, 9.17) is 0 Å². The lowest BCUT2D eigenvalue weighted by Gasteiger charge is -2.22. The first-order valence-corrected chi connectivity index (χ1v) is 12.5. The number of thiazole rings is 1. The van der Waals surface area contributed by atoms with Gasteiger partial charge in [0.15, 0.2) is 15.0 Å². The van der Waals surface area contributed by atoms with Crippen molar-refractivity contribution in [2.75, 3.05) is 37.8 Å². The Hall–Kier alpha value is -2.07. The molecule has 0 saturated heterocycles. The summed E-state index contributed by atoms with van der Waals surface area (Å²) < 4.78 is 39.2. The van der Waals surface area contributed by atoms with Gasteiger partial charge in [0.2, 0.25) is 5.91 Å². The smallest absolute Gasteiger partial charge is 0.229 e. The summed E-state index contributed by atoms with van der Waals surface area (Å²) in [5, 5.41) is 0.564. The highest BCUT2D eigenvalue weighted by atomic mass is 35.5. The molecule has 0 fully saturated rings. The molecule has 174 valence electrons. The molecule has 2 aromatic carbocycles. The highest BCUT2D eigenvalue weighted by Crippen LogP contribution is 2.30. The fourth-order valence-electron chi connectivity index (χ4n) is 3.04. The van der Waals surface area contributed by atoms with Gasteiger partial charge in [0, 0.05) is 19.5 Å². The molecular formula is C22H27ClFN3O3S2. The van der Waals surface area contributed by atoms with E-state index < -0.39 is 15.7 Å². The minimum atomic E-state index is -3.69. The van der Waals surface area contributed by atoms with Gasteiger partial charge in [-0.15, -0.1) is 12.4 Å². The number of carbonyl (C=O) groups is 1. The molecule has 0 N–H and O–H groups in total. The van der Waals surface area contributed by atoms with E-state index in [0.29, 0.717) is 18.2 Å². The molecule has 1 amide bonds. The lowest BCUT2D eigenvalue weighted by Crippen LogP contribution is -2.37. The standard InChI is InChI=1S/C22H26FN3O3S2.ClH/c1-4-16-5-10-19-20(15-16)30-22(24-19)26(13-12-25(2)3)21(27)11-14-31(28,29)18-8-6-17(23)7-9-18;/h5-10,15H,4,11-14H2,1-3H3;1H. The Labute approximate surface area is 198 Å². The zero-order valence-electron chi connectivity index (χ0n) is 18.2. The molecule has 32 heavy (non-hydrogen) atoms. The lowest BCUT2D eigenvalue weighted by atomic mass is 10.2. The number of hydrogen-bond donors (Lipinski definition) is 0. The van der Waals surface area contributed by atoms with Crippen molar-refractivity contribution in [1.29, 1.82) is 0 Å². The largest absolute Gasteiger partial charge is 0.308 e. The van der Waals surface area contributed by atoms with Crippen molar-refractivity contribution >= 4 is 54.8 Å². The number of sulfone groups is 1. The SMILES string of the molecule is CCc1ccc2nc(N(CCN(C)C)C(=O)CCS(=O)(=O)c3ccc(F)cc3)sc2c1.Cl.